The van der Waals surface area contributed by atoms with Gasteiger partial charge in [0.2, 0.25) is 5.91 Å². The average molecular weight is 218 g/mol. The highest BCUT2D eigenvalue weighted by molar-refractivity contribution is 7.79. The summed E-state index contributed by atoms with van der Waals surface area (Å²) in [6.45, 7) is 6.87. The molecule has 0 spiro atoms. The lowest BCUT2D eigenvalue weighted by Crippen LogP contribution is -2.39. The first kappa shape index (κ1) is 13.8. The van der Waals surface area contributed by atoms with E-state index in [9.17, 15) is 4.79 Å². The lowest BCUT2D eigenvalue weighted by atomic mass is 10.2. The van der Waals surface area contributed by atoms with Crippen LogP contribution in [-0.2, 0) is 4.79 Å². The SMILES string of the molecule is CCN1CCCC1CNC(C)=O.CS. The van der Waals surface area contributed by atoms with Gasteiger partial charge >= 0.3 is 0 Å². The van der Waals surface area contributed by atoms with Crippen LogP contribution in [0.3, 0.4) is 0 Å². The Morgan fingerprint density at radius 1 is 1.57 bits per heavy atom. The van der Waals surface area contributed by atoms with E-state index in [2.05, 4.69) is 29.8 Å². The van der Waals surface area contributed by atoms with Crippen molar-refractivity contribution in [3.63, 3.8) is 0 Å². The van der Waals surface area contributed by atoms with E-state index in [0.29, 0.717) is 6.04 Å². The second-order valence-corrected chi connectivity index (χ2v) is 3.36. The van der Waals surface area contributed by atoms with E-state index >= 15 is 0 Å². The van der Waals surface area contributed by atoms with Crippen LogP contribution in [0.5, 0.6) is 0 Å². The van der Waals surface area contributed by atoms with E-state index in [1.807, 2.05) is 0 Å². The standard InChI is InChI=1S/C9H18N2O.CH4S/c1-3-11-6-4-5-9(11)7-10-8(2)12;1-2/h9H,3-7H2,1-2H3,(H,10,12);2H,1H3. The van der Waals surface area contributed by atoms with Crippen molar-refractivity contribution in [1.29, 1.82) is 0 Å². The molecule has 3 nitrogen and oxygen atoms in total. The van der Waals surface area contributed by atoms with Crippen LogP contribution in [0.25, 0.3) is 0 Å². The Hall–Kier alpha value is -0.220. The molecule has 1 atom stereocenters. The van der Waals surface area contributed by atoms with E-state index < -0.39 is 0 Å². The fourth-order valence-electron chi connectivity index (χ4n) is 1.80. The Balaban J connectivity index is 0.000000791. The number of likely N-dealkylation sites (N-methyl/N-ethyl adjacent to an activating group) is 1. The minimum atomic E-state index is 0.0814. The number of carbonyl (C=O) groups excluding carboxylic acids is 1. The summed E-state index contributed by atoms with van der Waals surface area (Å²) in [5.41, 5.74) is 0. The maximum atomic E-state index is 10.7. The van der Waals surface area contributed by atoms with Gasteiger partial charge < -0.3 is 5.32 Å². The van der Waals surface area contributed by atoms with Crippen LogP contribution in [0.4, 0.5) is 0 Å². The molecular formula is C10H22N2OS. The second-order valence-electron chi connectivity index (χ2n) is 3.36. The number of rotatable bonds is 3. The lowest BCUT2D eigenvalue weighted by Gasteiger charge is -2.22. The first-order valence-electron chi connectivity index (χ1n) is 5.17. The van der Waals surface area contributed by atoms with E-state index in [4.69, 9.17) is 0 Å². The van der Waals surface area contributed by atoms with Crippen LogP contribution in [-0.4, -0.2) is 42.7 Å². The third-order valence-electron chi connectivity index (χ3n) is 2.49. The number of carbonyl (C=O) groups is 1. The van der Waals surface area contributed by atoms with Crippen LogP contribution in [0.15, 0.2) is 0 Å². The number of likely N-dealkylation sites (tertiary alicyclic amines) is 1. The second kappa shape index (κ2) is 8.12. The van der Waals surface area contributed by atoms with Crippen molar-refractivity contribution in [2.45, 2.75) is 32.7 Å². The molecule has 14 heavy (non-hydrogen) atoms. The molecule has 0 bridgehead atoms. The van der Waals surface area contributed by atoms with Gasteiger partial charge in [-0.1, -0.05) is 6.92 Å². The molecule has 0 radical (unpaired) electrons. The molecule has 0 aliphatic carbocycles. The van der Waals surface area contributed by atoms with E-state index in [1.165, 1.54) is 19.4 Å². The maximum Gasteiger partial charge on any atom is 0.216 e. The Labute approximate surface area is 92.7 Å². The largest absolute Gasteiger partial charge is 0.355 e. The molecule has 4 heteroatoms. The summed E-state index contributed by atoms with van der Waals surface area (Å²) in [5.74, 6) is 0.0814. The first-order chi connectivity index (χ1) is 6.74. The molecule has 1 heterocycles. The zero-order valence-electron chi connectivity index (χ0n) is 9.42. The number of nitrogens with one attached hydrogen (secondary N) is 1. The molecule has 1 unspecified atom stereocenters. The van der Waals surface area contributed by atoms with Crippen molar-refractivity contribution in [3.8, 4) is 0 Å². The predicted octanol–water partition coefficient (Wildman–Crippen LogP) is 1.15. The molecule has 1 aliphatic heterocycles. The van der Waals surface area contributed by atoms with E-state index in [0.717, 1.165) is 13.1 Å². The van der Waals surface area contributed by atoms with Crippen LogP contribution >= 0.6 is 12.6 Å². The molecule has 1 N–H and O–H groups in total. The van der Waals surface area contributed by atoms with Gasteiger partial charge in [-0.15, -0.1) is 0 Å². The van der Waals surface area contributed by atoms with Gasteiger partial charge in [0, 0.05) is 19.5 Å². The van der Waals surface area contributed by atoms with Gasteiger partial charge in [-0.25, -0.2) is 0 Å². The molecule has 0 aromatic rings. The zero-order valence-corrected chi connectivity index (χ0v) is 10.3. The molecule has 0 saturated carbocycles. The maximum absolute atomic E-state index is 10.7. The van der Waals surface area contributed by atoms with E-state index in [-0.39, 0.29) is 5.91 Å². The zero-order chi connectivity index (χ0) is 11.0. The third-order valence-corrected chi connectivity index (χ3v) is 2.49. The number of hydrogen-bond donors (Lipinski definition) is 2. The molecular weight excluding hydrogens is 196 g/mol. The summed E-state index contributed by atoms with van der Waals surface area (Å²) >= 11 is 3.53. The first-order valence-corrected chi connectivity index (χ1v) is 6.06. The molecule has 0 aromatic heterocycles. The molecule has 1 aliphatic rings. The van der Waals surface area contributed by atoms with Gasteiger partial charge in [0.15, 0.2) is 0 Å². The highest BCUT2D eigenvalue weighted by Crippen LogP contribution is 2.15. The Bertz CT molecular complexity index is 164. The normalized spacial score (nSPS) is 21.3. The number of amides is 1. The highest BCUT2D eigenvalue weighted by Gasteiger charge is 2.22. The minimum Gasteiger partial charge on any atom is -0.355 e. The van der Waals surface area contributed by atoms with Crippen LogP contribution in [0, 0.1) is 0 Å². The van der Waals surface area contributed by atoms with Gasteiger partial charge in [0.25, 0.3) is 0 Å². The van der Waals surface area contributed by atoms with Crippen molar-refractivity contribution in [2.75, 3.05) is 25.9 Å². The summed E-state index contributed by atoms with van der Waals surface area (Å²) in [6, 6.07) is 0.582. The smallest absolute Gasteiger partial charge is 0.216 e. The molecule has 1 rings (SSSR count). The fraction of sp³-hybridized carbons (Fsp3) is 0.900. The average Bonchev–Trinajstić information content (AvgIpc) is 2.65. The Morgan fingerprint density at radius 3 is 2.71 bits per heavy atom. The summed E-state index contributed by atoms with van der Waals surface area (Å²) in [7, 11) is 0. The van der Waals surface area contributed by atoms with Gasteiger partial charge in [0.05, 0.1) is 0 Å². The monoisotopic (exact) mass is 218 g/mol. The quantitative estimate of drug-likeness (QED) is 0.697. The summed E-state index contributed by atoms with van der Waals surface area (Å²) in [6.07, 6.45) is 4.20. The van der Waals surface area contributed by atoms with Crippen molar-refractivity contribution in [1.82, 2.24) is 10.2 Å². The molecule has 84 valence electrons. The predicted molar refractivity (Wildman–Crippen MR) is 63.9 cm³/mol. The number of nitrogens with zero attached hydrogens (tertiary/aromatic N) is 1. The van der Waals surface area contributed by atoms with Crippen molar-refractivity contribution >= 4 is 18.5 Å². The van der Waals surface area contributed by atoms with Gasteiger partial charge in [-0.3, -0.25) is 9.69 Å². The molecule has 0 aromatic carbocycles. The Kier molecular flexibility index (Phi) is 7.99. The number of thiol groups is 1. The van der Waals surface area contributed by atoms with Crippen LogP contribution < -0.4 is 5.32 Å². The third kappa shape index (κ3) is 4.86. The number of hydrogen-bond acceptors (Lipinski definition) is 3. The topological polar surface area (TPSA) is 32.3 Å². The summed E-state index contributed by atoms with van der Waals surface area (Å²) < 4.78 is 0. The van der Waals surface area contributed by atoms with Crippen LogP contribution in [0.2, 0.25) is 0 Å². The van der Waals surface area contributed by atoms with Gasteiger partial charge in [0.1, 0.15) is 0 Å². The fourth-order valence-corrected chi connectivity index (χ4v) is 1.80. The molecule has 1 fully saturated rings. The van der Waals surface area contributed by atoms with Gasteiger partial charge in [-0.05, 0) is 32.2 Å². The van der Waals surface area contributed by atoms with Crippen molar-refractivity contribution in [3.05, 3.63) is 0 Å². The Morgan fingerprint density at radius 2 is 2.21 bits per heavy atom. The van der Waals surface area contributed by atoms with Crippen molar-refractivity contribution in [2.24, 2.45) is 0 Å². The summed E-state index contributed by atoms with van der Waals surface area (Å²) in [5, 5.41) is 2.87. The lowest BCUT2D eigenvalue weighted by molar-refractivity contribution is -0.119. The molecule has 1 amide bonds. The summed E-state index contributed by atoms with van der Waals surface area (Å²) in [4.78, 5) is 13.1. The molecule has 1 saturated heterocycles. The van der Waals surface area contributed by atoms with E-state index in [1.54, 1.807) is 13.2 Å². The van der Waals surface area contributed by atoms with Gasteiger partial charge in [-0.2, -0.15) is 12.6 Å². The minimum absolute atomic E-state index is 0.0814. The van der Waals surface area contributed by atoms with Crippen LogP contribution in [0.1, 0.15) is 26.7 Å². The highest BCUT2D eigenvalue weighted by atomic mass is 32.1. The van der Waals surface area contributed by atoms with Crippen molar-refractivity contribution < 1.29 is 4.79 Å².